The molecule has 0 N–H and O–H groups in total. The van der Waals surface area contributed by atoms with E-state index in [0.717, 1.165) is 16.5 Å². The molecular weight excluding hydrogens is 264 g/mol. The molecule has 0 bridgehead atoms. The average molecular weight is 274 g/mol. The van der Waals surface area contributed by atoms with Crippen LogP contribution in [-0.4, -0.2) is 26.7 Å². The van der Waals surface area contributed by atoms with Gasteiger partial charge in [0, 0.05) is 0 Å². The van der Waals surface area contributed by atoms with Crippen molar-refractivity contribution in [3.05, 3.63) is 29.3 Å². The van der Waals surface area contributed by atoms with Crippen LogP contribution in [0.2, 0.25) is 4.47 Å². The summed E-state index contributed by atoms with van der Waals surface area (Å²) in [6.07, 6.45) is 0.790. The van der Waals surface area contributed by atoms with Crippen molar-refractivity contribution >= 4 is 30.3 Å². The molecule has 0 atom stereocenters. The summed E-state index contributed by atoms with van der Waals surface area (Å²) in [5.74, 6) is 0.348. The molecule has 0 radical (unpaired) electrons. The Kier molecular flexibility index (Phi) is 2.21. The molecule has 1 aliphatic heterocycles. The van der Waals surface area contributed by atoms with Gasteiger partial charge in [0.1, 0.15) is 0 Å². The summed E-state index contributed by atoms with van der Waals surface area (Å²) in [6.45, 7) is 2.09. The minimum absolute atomic E-state index is 0.0411. The van der Waals surface area contributed by atoms with Gasteiger partial charge in [0.15, 0.2) is 0 Å². The Morgan fingerprint density at radius 1 is 1.42 bits per heavy atom. The van der Waals surface area contributed by atoms with Crippen molar-refractivity contribution in [2.45, 2.75) is 17.8 Å². The van der Waals surface area contributed by atoms with E-state index in [9.17, 15) is 4.79 Å². The summed E-state index contributed by atoms with van der Waals surface area (Å²) in [5.41, 5.74) is 2.29. The zero-order chi connectivity index (χ0) is 8.55. The number of hydrogen-bond acceptors (Lipinski definition) is 1. The molecule has 1 aliphatic rings. The molecule has 0 spiro atoms. The number of aryl methyl sites for hydroxylation is 1. The molecule has 1 nitrogen and oxygen atoms in total. The van der Waals surface area contributed by atoms with Crippen LogP contribution in [0.4, 0.5) is 0 Å². The van der Waals surface area contributed by atoms with E-state index in [1.807, 2.05) is 12.1 Å². The molecule has 2 rings (SSSR count). The Hall–Kier alpha value is -0.320. The van der Waals surface area contributed by atoms with Crippen LogP contribution in [0.25, 0.3) is 0 Å². The molecule has 1 heterocycles. The van der Waals surface area contributed by atoms with Crippen LogP contribution in [0.15, 0.2) is 18.2 Å². The number of rotatable bonds is 0. The number of ketones is 1. The molecule has 62 valence electrons. The Balaban J connectivity index is 2.53. The van der Waals surface area contributed by atoms with Gasteiger partial charge in [-0.15, -0.1) is 0 Å². The van der Waals surface area contributed by atoms with E-state index in [-0.39, 0.29) is 20.9 Å². The maximum absolute atomic E-state index is 11.4. The van der Waals surface area contributed by atoms with Crippen molar-refractivity contribution in [2.24, 2.45) is 0 Å². The predicted octanol–water partition coefficient (Wildman–Crippen LogP) is 1.33. The van der Waals surface area contributed by atoms with Crippen molar-refractivity contribution in [2.75, 3.05) is 0 Å². The molecule has 2 heteroatoms. The second-order valence-corrected chi connectivity index (χ2v) is 6.27. The van der Waals surface area contributed by atoms with Crippen molar-refractivity contribution in [1.29, 1.82) is 0 Å². The SMILES string of the molecule is Cc1ccc2c(c1)[Te]CCC2=O. The number of Topliss-reactive ketones (excluding diaryl/α,β-unsaturated/α-hetero) is 1. The van der Waals surface area contributed by atoms with Crippen LogP contribution in [0.3, 0.4) is 0 Å². The van der Waals surface area contributed by atoms with Crippen molar-refractivity contribution in [3.63, 3.8) is 0 Å². The van der Waals surface area contributed by atoms with Crippen LogP contribution in [0.5, 0.6) is 0 Å². The van der Waals surface area contributed by atoms with Crippen molar-refractivity contribution < 1.29 is 4.79 Å². The van der Waals surface area contributed by atoms with Crippen LogP contribution in [-0.2, 0) is 0 Å². The summed E-state index contributed by atoms with van der Waals surface area (Å²) < 4.78 is 2.53. The van der Waals surface area contributed by atoms with Crippen LogP contribution in [0, 0.1) is 6.92 Å². The first kappa shape index (κ1) is 8.29. The molecule has 1 aromatic rings. The topological polar surface area (TPSA) is 17.1 Å². The fourth-order valence-corrected chi connectivity index (χ4v) is 4.55. The van der Waals surface area contributed by atoms with Gasteiger partial charge in [0.2, 0.25) is 0 Å². The van der Waals surface area contributed by atoms with Gasteiger partial charge < -0.3 is 0 Å². The molecule has 0 saturated carbocycles. The number of hydrogen-bond donors (Lipinski definition) is 0. The van der Waals surface area contributed by atoms with E-state index in [0.29, 0.717) is 5.78 Å². The minimum atomic E-state index is -0.0411. The van der Waals surface area contributed by atoms with Crippen molar-refractivity contribution in [1.82, 2.24) is 0 Å². The molecule has 12 heavy (non-hydrogen) atoms. The first-order chi connectivity index (χ1) is 5.77. The zero-order valence-electron chi connectivity index (χ0n) is 6.96. The van der Waals surface area contributed by atoms with Gasteiger partial charge in [-0.1, -0.05) is 0 Å². The van der Waals surface area contributed by atoms with Gasteiger partial charge in [-0.3, -0.25) is 0 Å². The molecular formula is C10H10OTe. The maximum atomic E-state index is 11.4. The molecule has 0 aromatic heterocycles. The second kappa shape index (κ2) is 3.20. The van der Waals surface area contributed by atoms with Crippen LogP contribution >= 0.6 is 0 Å². The fourth-order valence-electron chi connectivity index (χ4n) is 1.37. The molecule has 0 aliphatic carbocycles. The summed E-state index contributed by atoms with van der Waals surface area (Å²) in [6, 6.07) is 6.22. The molecule has 0 amide bonds. The van der Waals surface area contributed by atoms with E-state index in [1.165, 1.54) is 9.17 Å². The number of carbonyl (C=O) groups is 1. The van der Waals surface area contributed by atoms with Crippen LogP contribution in [0.1, 0.15) is 22.3 Å². The average Bonchev–Trinajstić information content (AvgIpc) is 2.04. The van der Waals surface area contributed by atoms with Crippen molar-refractivity contribution in [3.8, 4) is 0 Å². The van der Waals surface area contributed by atoms with E-state index < -0.39 is 0 Å². The molecule has 0 unspecified atom stereocenters. The predicted molar refractivity (Wildman–Crippen MR) is 50.3 cm³/mol. The third kappa shape index (κ3) is 1.42. The van der Waals surface area contributed by atoms with E-state index >= 15 is 0 Å². The van der Waals surface area contributed by atoms with E-state index in [1.54, 1.807) is 0 Å². The fraction of sp³-hybridized carbons (Fsp3) is 0.300. The standard InChI is InChI=1S/C10H10OTe/c1-7-2-3-8-9(11)4-5-12-10(8)6-7/h2-3,6H,4-5H2,1H3. The van der Waals surface area contributed by atoms with E-state index in [2.05, 4.69) is 13.0 Å². The summed E-state index contributed by atoms with van der Waals surface area (Å²) >= 11 is -0.0411. The first-order valence-corrected chi connectivity index (χ1v) is 6.85. The summed E-state index contributed by atoms with van der Waals surface area (Å²) in [4.78, 5) is 11.4. The number of carbonyl (C=O) groups excluding carboxylic acids is 1. The van der Waals surface area contributed by atoms with Gasteiger partial charge in [-0.25, -0.2) is 0 Å². The first-order valence-electron chi connectivity index (χ1n) is 4.04. The molecule has 0 saturated heterocycles. The summed E-state index contributed by atoms with van der Waals surface area (Å²) in [7, 11) is 0. The molecule has 0 fully saturated rings. The normalized spacial score (nSPS) is 15.9. The third-order valence-electron chi connectivity index (χ3n) is 2.02. The number of fused-ring (bicyclic) bond motifs is 1. The van der Waals surface area contributed by atoms with Crippen LogP contribution < -0.4 is 3.61 Å². The summed E-state index contributed by atoms with van der Waals surface area (Å²) in [5, 5.41) is 0. The van der Waals surface area contributed by atoms with Gasteiger partial charge in [0.05, 0.1) is 0 Å². The Morgan fingerprint density at radius 3 is 3.08 bits per heavy atom. The van der Waals surface area contributed by atoms with Gasteiger partial charge in [0.25, 0.3) is 0 Å². The molecule has 1 aromatic carbocycles. The second-order valence-electron chi connectivity index (χ2n) is 3.02. The third-order valence-corrected chi connectivity index (χ3v) is 5.04. The monoisotopic (exact) mass is 276 g/mol. The van der Waals surface area contributed by atoms with E-state index in [4.69, 9.17) is 0 Å². The Bertz CT molecular complexity index is 331. The van der Waals surface area contributed by atoms with Gasteiger partial charge >= 0.3 is 82.3 Å². The number of benzene rings is 1. The Labute approximate surface area is 82.2 Å². The quantitative estimate of drug-likeness (QED) is 0.652. The zero-order valence-corrected chi connectivity index (χ0v) is 9.29. The Morgan fingerprint density at radius 2 is 2.25 bits per heavy atom. The van der Waals surface area contributed by atoms with Gasteiger partial charge in [-0.05, 0) is 0 Å². The van der Waals surface area contributed by atoms with Gasteiger partial charge in [-0.2, -0.15) is 0 Å².